The van der Waals surface area contributed by atoms with E-state index in [1.807, 2.05) is 60.8 Å². The van der Waals surface area contributed by atoms with Crippen molar-refractivity contribution in [3.63, 3.8) is 0 Å². The fourth-order valence-electron chi connectivity index (χ4n) is 4.15. The van der Waals surface area contributed by atoms with E-state index in [-0.39, 0.29) is 13.2 Å². The van der Waals surface area contributed by atoms with Crippen LogP contribution in [0.1, 0.15) is 38.8 Å². The molecule has 1 atom stereocenters. The molecule has 0 radical (unpaired) electrons. The van der Waals surface area contributed by atoms with Gasteiger partial charge in [-0.05, 0) is 55.7 Å². The van der Waals surface area contributed by atoms with Gasteiger partial charge in [-0.2, -0.15) is 5.10 Å². The lowest BCUT2D eigenvalue weighted by Crippen LogP contribution is -2.45. The molecule has 0 aliphatic carbocycles. The Balaban J connectivity index is 1.74. The molecule has 0 spiro atoms. The van der Waals surface area contributed by atoms with Crippen molar-refractivity contribution in [3.05, 3.63) is 77.6 Å². The first-order chi connectivity index (χ1) is 18.4. The minimum absolute atomic E-state index is 0.0984. The molecule has 1 aromatic heterocycles. The van der Waals surface area contributed by atoms with E-state index in [4.69, 9.17) is 19.3 Å². The van der Waals surface area contributed by atoms with Crippen molar-refractivity contribution in [2.45, 2.75) is 33.2 Å². The number of amides is 2. The third-order valence-corrected chi connectivity index (χ3v) is 6.18. The van der Waals surface area contributed by atoms with Crippen LogP contribution in [-0.4, -0.2) is 48.7 Å². The standard InChI is InChI=1S/C29H34N4O5/c1-19(2)14-15-37-23-12-10-21(11-13-23)26-24(18-33(32-26)22-8-6-5-7-9-22)27-25(20(3)30-29(35)31-27)28(34)38-17-16-36-4/h5-13,18-19,27H,14-17H2,1-4H3,(H2,30,31,35). The van der Waals surface area contributed by atoms with Gasteiger partial charge < -0.3 is 24.8 Å². The average molecular weight is 519 g/mol. The molecule has 9 nitrogen and oxygen atoms in total. The highest BCUT2D eigenvalue weighted by molar-refractivity contribution is 5.95. The Morgan fingerprint density at radius 1 is 1.05 bits per heavy atom. The van der Waals surface area contributed by atoms with E-state index in [2.05, 4.69) is 24.5 Å². The van der Waals surface area contributed by atoms with Gasteiger partial charge >= 0.3 is 12.0 Å². The van der Waals surface area contributed by atoms with Gasteiger partial charge in [-0.3, -0.25) is 0 Å². The third-order valence-electron chi connectivity index (χ3n) is 6.18. The zero-order valence-corrected chi connectivity index (χ0v) is 22.2. The van der Waals surface area contributed by atoms with Crippen LogP contribution in [0.5, 0.6) is 5.75 Å². The number of urea groups is 1. The number of hydrogen-bond donors (Lipinski definition) is 2. The van der Waals surface area contributed by atoms with Crippen molar-refractivity contribution in [1.29, 1.82) is 0 Å². The molecule has 0 fully saturated rings. The Morgan fingerprint density at radius 2 is 1.79 bits per heavy atom. The molecule has 0 bridgehead atoms. The van der Waals surface area contributed by atoms with Crippen LogP contribution < -0.4 is 15.4 Å². The van der Waals surface area contributed by atoms with Crippen molar-refractivity contribution in [1.82, 2.24) is 20.4 Å². The van der Waals surface area contributed by atoms with Crippen LogP contribution >= 0.6 is 0 Å². The molecular weight excluding hydrogens is 484 g/mol. The second-order valence-corrected chi connectivity index (χ2v) is 9.47. The predicted octanol–water partition coefficient (Wildman–Crippen LogP) is 4.78. The highest BCUT2D eigenvalue weighted by Crippen LogP contribution is 2.35. The topological polar surface area (TPSA) is 104 Å². The molecule has 1 aliphatic heterocycles. The van der Waals surface area contributed by atoms with Crippen molar-refractivity contribution >= 4 is 12.0 Å². The van der Waals surface area contributed by atoms with E-state index in [0.29, 0.717) is 35.1 Å². The maximum atomic E-state index is 13.1. The van der Waals surface area contributed by atoms with Gasteiger partial charge in [0.05, 0.1) is 36.2 Å². The molecule has 3 aromatic rings. The SMILES string of the molecule is COCCOC(=O)C1=C(C)NC(=O)NC1c1cn(-c2ccccc2)nc1-c1ccc(OCCC(C)C)cc1. The number of rotatable bonds is 11. The average Bonchev–Trinajstić information content (AvgIpc) is 3.34. The van der Waals surface area contributed by atoms with Gasteiger partial charge in [0.25, 0.3) is 0 Å². The highest BCUT2D eigenvalue weighted by Gasteiger charge is 2.35. The number of esters is 1. The summed E-state index contributed by atoms with van der Waals surface area (Å²) in [6.07, 6.45) is 2.81. The van der Waals surface area contributed by atoms with Gasteiger partial charge in [-0.25, -0.2) is 14.3 Å². The molecule has 4 rings (SSSR count). The largest absolute Gasteiger partial charge is 0.494 e. The summed E-state index contributed by atoms with van der Waals surface area (Å²) in [4.78, 5) is 25.7. The Morgan fingerprint density at radius 3 is 2.47 bits per heavy atom. The highest BCUT2D eigenvalue weighted by atomic mass is 16.6. The van der Waals surface area contributed by atoms with Gasteiger partial charge in [0.1, 0.15) is 12.4 Å². The Labute approximate surface area is 222 Å². The minimum Gasteiger partial charge on any atom is -0.494 e. The van der Waals surface area contributed by atoms with E-state index in [1.54, 1.807) is 11.6 Å². The zero-order valence-electron chi connectivity index (χ0n) is 22.2. The maximum absolute atomic E-state index is 13.1. The number of carbonyl (C=O) groups excluding carboxylic acids is 2. The first-order valence-corrected chi connectivity index (χ1v) is 12.7. The summed E-state index contributed by atoms with van der Waals surface area (Å²) in [6.45, 7) is 7.02. The number of benzene rings is 2. The van der Waals surface area contributed by atoms with Crippen LogP contribution in [0.15, 0.2) is 72.1 Å². The lowest BCUT2D eigenvalue weighted by Gasteiger charge is -2.28. The van der Waals surface area contributed by atoms with Crippen LogP contribution in [-0.2, 0) is 14.3 Å². The summed E-state index contributed by atoms with van der Waals surface area (Å²) in [5, 5.41) is 10.4. The predicted molar refractivity (Wildman–Crippen MR) is 144 cm³/mol. The zero-order chi connectivity index (χ0) is 27.1. The van der Waals surface area contributed by atoms with Crippen molar-refractivity contribution < 1.29 is 23.8 Å². The molecular formula is C29H34N4O5. The monoisotopic (exact) mass is 518 g/mol. The molecule has 2 aromatic carbocycles. The molecule has 2 heterocycles. The molecule has 38 heavy (non-hydrogen) atoms. The van der Waals surface area contributed by atoms with Gasteiger partial charge in [-0.1, -0.05) is 32.0 Å². The summed E-state index contributed by atoms with van der Waals surface area (Å²) in [5.74, 6) is 0.794. The number of carbonyl (C=O) groups is 2. The Hall–Kier alpha value is -4.11. The van der Waals surface area contributed by atoms with Gasteiger partial charge in [0.2, 0.25) is 0 Å². The molecule has 2 N–H and O–H groups in total. The van der Waals surface area contributed by atoms with E-state index in [9.17, 15) is 9.59 Å². The fraction of sp³-hybridized carbons (Fsp3) is 0.345. The molecule has 1 unspecified atom stereocenters. The number of allylic oxidation sites excluding steroid dienone is 1. The van der Waals surface area contributed by atoms with E-state index in [0.717, 1.165) is 23.4 Å². The second kappa shape index (κ2) is 12.4. The Kier molecular flexibility index (Phi) is 8.81. The number of ether oxygens (including phenoxy) is 3. The quantitative estimate of drug-likeness (QED) is 0.280. The minimum atomic E-state index is -0.770. The summed E-state index contributed by atoms with van der Waals surface area (Å²) in [6, 6.07) is 16.2. The smallest absolute Gasteiger partial charge is 0.338 e. The van der Waals surface area contributed by atoms with Crippen molar-refractivity contribution in [3.8, 4) is 22.7 Å². The van der Waals surface area contributed by atoms with Crippen LogP contribution in [0.25, 0.3) is 16.9 Å². The molecule has 200 valence electrons. The number of aromatic nitrogens is 2. The van der Waals surface area contributed by atoms with E-state index >= 15 is 0 Å². The normalized spacial score (nSPS) is 15.3. The number of methoxy groups -OCH3 is 1. The molecule has 0 saturated carbocycles. The van der Waals surface area contributed by atoms with Gasteiger partial charge in [0, 0.05) is 30.1 Å². The first-order valence-electron chi connectivity index (χ1n) is 12.7. The van der Waals surface area contributed by atoms with Crippen molar-refractivity contribution in [2.75, 3.05) is 26.9 Å². The first kappa shape index (κ1) is 26.9. The van der Waals surface area contributed by atoms with Crippen molar-refractivity contribution in [2.24, 2.45) is 5.92 Å². The lowest BCUT2D eigenvalue weighted by atomic mass is 9.94. The molecule has 0 saturated heterocycles. The summed E-state index contributed by atoms with van der Waals surface area (Å²) < 4.78 is 18.1. The van der Waals surface area contributed by atoms with Crippen LogP contribution in [0, 0.1) is 5.92 Å². The number of hydrogen-bond acceptors (Lipinski definition) is 6. The summed E-state index contributed by atoms with van der Waals surface area (Å²) in [7, 11) is 1.54. The van der Waals surface area contributed by atoms with Crippen LogP contribution in [0.2, 0.25) is 0 Å². The van der Waals surface area contributed by atoms with Gasteiger partial charge in [0.15, 0.2) is 0 Å². The number of nitrogens with zero attached hydrogens (tertiary/aromatic N) is 2. The summed E-state index contributed by atoms with van der Waals surface area (Å²) in [5.41, 5.74) is 3.69. The maximum Gasteiger partial charge on any atom is 0.338 e. The third kappa shape index (κ3) is 6.41. The molecule has 2 amide bonds. The van der Waals surface area contributed by atoms with Gasteiger partial charge in [-0.15, -0.1) is 0 Å². The fourth-order valence-corrected chi connectivity index (χ4v) is 4.15. The van der Waals surface area contributed by atoms with E-state index in [1.165, 1.54) is 7.11 Å². The molecule has 1 aliphatic rings. The van der Waals surface area contributed by atoms with E-state index < -0.39 is 18.0 Å². The van der Waals surface area contributed by atoms with Crippen LogP contribution in [0.4, 0.5) is 4.79 Å². The summed E-state index contributed by atoms with van der Waals surface area (Å²) >= 11 is 0. The number of para-hydroxylation sites is 1. The Bertz CT molecular complexity index is 1280. The lowest BCUT2D eigenvalue weighted by molar-refractivity contribution is -0.140. The van der Waals surface area contributed by atoms with Crippen LogP contribution in [0.3, 0.4) is 0 Å². The molecule has 9 heteroatoms. The number of nitrogens with one attached hydrogen (secondary N) is 2. The second-order valence-electron chi connectivity index (χ2n) is 9.47.